The average Bonchev–Trinajstić information content (AvgIpc) is 3.24. The van der Waals surface area contributed by atoms with Crippen LogP contribution in [0.15, 0.2) is 71.3 Å². The van der Waals surface area contributed by atoms with Crippen molar-refractivity contribution in [3.63, 3.8) is 0 Å². The molecule has 3 rings (SSSR count). The number of nitrogen functional groups attached to an aromatic ring is 2. The maximum Gasteiger partial charge on any atom is 0.265 e. The number of benzene rings is 2. The number of carbonyl (C=O) groups excluding carboxylic acids is 2. The van der Waals surface area contributed by atoms with E-state index in [0.717, 1.165) is 16.7 Å². The van der Waals surface area contributed by atoms with Crippen molar-refractivity contribution in [2.75, 3.05) is 0 Å². The summed E-state index contributed by atoms with van der Waals surface area (Å²) in [6.07, 6.45) is 3.48. The summed E-state index contributed by atoms with van der Waals surface area (Å²) in [5.41, 5.74) is 7.72. The van der Waals surface area contributed by atoms with Gasteiger partial charge in [-0.25, -0.2) is 11.7 Å². The Balaban J connectivity index is 2.02. The van der Waals surface area contributed by atoms with Crippen molar-refractivity contribution in [2.45, 2.75) is 0 Å². The highest BCUT2D eigenvalue weighted by molar-refractivity contribution is 5.97. The third-order valence-electron chi connectivity index (χ3n) is 4.01. The van der Waals surface area contributed by atoms with Crippen LogP contribution in [0.1, 0.15) is 37.6 Å². The van der Waals surface area contributed by atoms with Crippen LogP contribution in [0.2, 0.25) is 0 Å². The Morgan fingerprint density at radius 1 is 0.741 bits per heavy atom. The van der Waals surface area contributed by atoms with Gasteiger partial charge in [0.05, 0.1) is 6.26 Å². The van der Waals surface area contributed by atoms with Crippen LogP contribution >= 0.6 is 0 Å². The molecule has 0 fully saturated rings. The normalized spacial score (nSPS) is 10.1. The minimum Gasteiger partial charge on any atom is -0.465 e. The Hall–Kier alpha value is -3.68. The molecule has 2 aromatic carbocycles. The Labute approximate surface area is 155 Å². The zero-order valence-corrected chi connectivity index (χ0v) is 14.3. The number of hydrazine groups is 2. The molecule has 1 heterocycles. The predicted molar refractivity (Wildman–Crippen MR) is 102 cm³/mol. The lowest BCUT2D eigenvalue weighted by Gasteiger charge is -2.10. The van der Waals surface area contributed by atoms with Crippen LogP contribution in [0.4, 0.5) is 0 Å². The van der Waals surface area contributed by atoms with E-state index in [2.05, 4.69) is 10.9 Å². The zero-order chi connectivity index (χ0) is 19.2. The van der Waals surface area contributed by atoms with Gasteiger partial charge < -0.3 is 4.42 Å². The number of hydrogen-bond acceptors (Lipinski definition) is 5. The fourth-order valence-corrected chi connectivity index (χ4v) is 2.62. The van der Waals surface area contributed by atoms with Gasteiger partial charge in [-0.15, -0.1) is 0 Å². The van der Waals surface area contributed by atoms with Crippen molar-refractivity contribution in [3.8, 4) is 0 Å². The number of nitrogens with two attached hydrogens (primary N) is 2. The van der Waals surface area contributed by atoms with Crippen LogP contribution in [0.25, 0.3) is 11.6 Å². The van der Waals surface area contributed by atoms with Gasteiger partial charge in [-0.3, -0.25) is 20.4 Å². The Morgan fingerprint density at radius 3 is 1.56 bits per heavy atom. The van der Waals surface area contributed by atoms with Crippen LogP contribution in [-0.4, -0.2) is 11.8 Å². The highest BCUT2D eigenvalue weighted by atomic mass is 16.3. The molecule has 7 heteroatoms. The lowest BCUT2D eigenvalue weighted by molar-refractivity contribution is 0.0945. The third kappa shape index (κ3) is 4.12. The van der Waals surface area contributed by atoms with Crippen molar-refractivity contribution in [2.24, 2.45) is 11.7 Å². The molecule has 27 heavy (non-hydrogen) atoms. The summed E-state index contributed by atoms with van der Waals surface area (Å²) < 4.78 is 5.43. The number of hydrogen-bond donors (Lipinski definition) is 4. The molecule has 0 saturated carbocycles. The maximum absolute atomic E-state index is 11.6. The number of furan rings is 1. The first-order chi connectivity index (χ1) is 13.1. The van der Waals surface area contributed by atoms with Crippen molar-refractivity contribution < 1.29 is 14.0 Å². The Bertz CT molecular complexity index is 898. The van der Waals surface area contributed by atoms with Crippen molar-refractivity contribution in [1.29, 1.82) is 0 Å². The van der Waals surface area contributed by atoms with Crippen LogP contribution in [-0.2, 0) is 0 Å². The summed E-state index contributed by atoms with van der Waals surface area (Å²) in [5.74, 6) is 10.3. The van der Waals surface area contributed by atoms with E-state index in [-0.39, 0.29) is 11.8 Å². The number of carbonyl (C=O) groups is 2. The van der Waals surface area contributed by atoms with Crippen LogP contribution in [0, 0.1) is 0 Å². The fourth-order valence-electron chi connectivity index (χ4n) is 2.62. The largest absolute Gasteiger partial charge is 0.465 e. The number of amides is 2. The highest BCUT2D eigenvalue weighted by Crippen LogP contribution is 2.27. The molecule has 7 nitrogen and oxygen atoms in total. The van der Waals surface area contributed by atoms with Gasteiger partial charge in [-0.1, -0.05) is 24.3 Å². The molecule has 0 aliphatic rings. The second-order valence-electron chi connectivity index (χ2n) is 5.68. The average molecular weight is 362 g/mol. The van der Waals surface area contributed by atoms with Crippen LogP contribution in [0.3, 0.4) is 0 Å². The van der Waals surface area contributed by atoms with Gasteiger partial charge in [0.2, 0.25) is 0 Å². The summed E-state index contributed by atoms with van der Waals surface area (Å²) in [6.45, 7) is 0. The van der Waals surface area contributed by atoms with E-state index < -0.39 is 0 Å². The van der Waals surface area contributed by atoms with Gasteiger partial charge >= 0.3 is 0 Å². The van der Waals surface area contributed by atoms with Gasteiger partial charge in [0, 0.05) is 11.1 Å². The second-order valence-corrected chi connectivity index (χ2v) is 5.68. The monoisotopic (exact) mass is 362 g/mol. The molecule has 6 N–H and O–H groups in total. The van der Waals surface area contributed by atoms with E-state index in [0.29, 0.717) is 16.9 Å². The van der Waals surface area contributed by atoms with E-state index in [1.54, 1.807) is 36.6 Å². The van der Waals surface area contributed by atoms with Crippen molar-refractivity contribution in [1.82, 2.24) is 10.9 Å². The molecular weight excluding hydrogens is 344 g/mol. The summed E-state index contributed by atoms with van der Waals surface area (Å²) in [5, 5.41) is 0. The SMILES string of the molecule is NNC(=O)c1ccc(C(=Cc2ccco2)c2ccc(C(=O)NN)cc2)cc1. The molecule has 0 radical (unpaired) electrons. The van der Waals surface area contributed by atoms with Gasteiger partial charge in [0.15, 0.2) is 0 Å². The molecule has 0 aliphatic carbocycles. The first kappa shape index (κ1) is 18.1. The molecule has 0 spiro atoms. The molecular formula is C20H18N4O3. The first-order valence-electron chi connectivity index (χ1n) is 8.10. The minimum absolute atomic E-state index is 0.365. The molecule has 0 unspecified atom stereocenters. The van der Waals surface area contributed by atoms with Gasteiger partial charge in [-0.05, 0) is 59.2 Å². The quantitative estimate of drug-likeness (QED) is 0.314. The summed E-state index contributed by atoms with van der Waals surface area (Å²) in [7, 11) is 0. The maximum atomic E-state index is 11.6. The van der Waals surface area contributed by atoms with Gasteiger partial charge in [0.25, 0.3) is 11.8 Å². The molecule has 2 amide bonds. The fraction of sp³-hybridized carbons (Fsp3) is 0. The number of nitrogens with one attached hydrogen (secondary N) is 2. The molecule has 3 aromatic rings. The van der Waals surface area contributed by atoms with Crippen molar-refractivity contribution in [3.05, 3.63) is 94.9 Å². The van der Waals surface area contributed by atoms with E-state index >= 15 is 0 Å². The molecule has 0 aliphatic heterocycles. The zero-order valence-electron chi connectivity index (χ0n) is 14.3. The smallest absolute Gasteiger partial charge is 0.265 e. The van der Waals surface area contributed by atoms with Gasteiger partial charge in [0.1, 0.15) is 5.76 Å². The van der Waals surface area contributed by atoms with Gasteiger partial charge in [-0.2, -0.15) is 0 Å². The van der Waals surface area contributed by atoms with E-state index in [9.17, 15) is 9.59 Å². The van der Waals surface area contributed by atoms with E-state index in [1.165, 1.54) is 0 Å². The van der Waals surface area contributed by atoms with Crippen molar-refractivity contribution >= 4 is 23.5 Å². The van der Waals surface area contributed by atoms with Crippen LogP contribution < -0.4 is 22.5 Å². The van der Waals surface area contributed by atoms with Crippen LogP contribution in [0.5, 0.6) is 0 Å². The summed E-state index contributed by atoms with van der Waals surface area (Å²) in [4.78, 5) is 23.3. The predicted octanol–water partition coefficient (Wildman–Crippen LogP) is 2.08. The number of rotatable bonds is 5. The second kappa shape index (κ2) is 8.13. The Morgan fingerprint density at radius 2 is 1.19 bits per heavy atom. The lowest BCUT2D eigenvalue weighted by Crippen LogP contribution is -2.29. The highest BCUT2D eigenvalue weighted by Gasteiger charge is 2.10. The Kier molecular flexibility index (Phi) is 5.46. The van der Waals surface area contributed by atoms with E-state index in [1.807, 2.05) is 36.4 Å². The molecule has 1 aromatic heterocycles. The first-order valence-corrected chi connectivity index (χ1v) is 8.10. The standard InChI is InChI=1S/C20H18N4O3/c21-23-19(25)15-7-3-13(4-8-15)18(12-17-2-1-11-27-17)14-5-9-16(10-6-14)20(26)24-22/h1-12H,21-22H2,(H,23,25)(H,24,26). The molecule has 0 atom stereocenters. The van der Waals surface area contributed by atoms with E-state index in [4.69, 9.17) is 16.1 Å². The molecule has 0 bridgehead atoms. The molecule has 0 saturated heterocycles. The topological polar surface area (TPSA) is 123 Å². The summed E-state index contributed by atoms with van der Waals surface area (Å²) >= 11 is 0. The summed E-state index contributed by atoms with van der Waals surface area (Å²) in [6, 6.07) is 17.7. The lowest BCUT2D eigenvalue weighted by atomic mass is 9.95. The minimum atomic E-state index is -0.365. The third-order valence-corrected chi connectivity index (χ3v) is 4.01. The molecule has 136 valence electrons.